The normalized spacial score (nSPS) is 16.5. The number of carbonyl (C=O) groups is 1. The lowest BCUT2D eigenvalue weighted by Gasteiger charge is -2.22. The molecular formula is C17H14N2O2. The van der Waals surface area contributed by atoms with Gasteiger partial charge >= 0.3 is 0 Å². The van der Waals surface area contributed by atoms with E-state index in [0.29, 0.717) is 12.2 Å². The number of rotatable bonds is 3. The van der Waals surface area contributed by atoms with E-state index < -0.39 is 0 Å². The van der Waals surface area contributed by atoms with Gasteiger partial charge in [-0.2, -0.15) is 4.99 Å². The first kappa shape index (κ1) is 13.3. The van der Waals surface area contributed by atoms with E-state index in [9.17, 15) is 9.59 Å². The molecule has 3 rings (SSSR count). The lowest BCUT2D eigenvalue weighted by atomic mass is 10.1. The van der Waals surface area contributed by atoms with Gasteiger partial charge in [-0.15, -0.1) is 0 Å². The smallest absolute Gasteiger partial charge is 0.255 e. The zero-order chi connectivity index (χ0) is 14.8. The number of fused-ring (bicyclic) bond motifs is 1. The maximum atomic E-state index is 12.4. The summed E-state index contributed by atoms with van der Waals surface area (Å²) in [6, 6.07) is 15.0. The van der Waals surface area contributed by atoms with Crippen molar-refractivity contribution in [2.45, 2.75) is 19.5 Å². The van der Waals surface area contributed by atoms with Gasteiger partial charge < -0.3 is 4.90 Å². The lowest BCUT2D eigenvalue weighted by molar-refractivity contribution is 0.0723. The molecule has 0 bridgehead atoms. The molecule has 0 saturated heterocycles. The highest BCUT2D eigenvalue weighted by Crippen LogP contribution is 2.34. The fourth-order valence-electron chi connectivity index (χ4n) is 2.69. The van der Waals surface area contributed by atoms with Crippen LogP contribution in [0.25, 0.3) is 0 Å². The standard InChI is InChI=1S/C17H14N2O2/c1-12-15-4-2-3-5-16(15)17(21)19(12)10-13-6-8-14(9-7-13)18-11-20/h2-9,12H,10H2,1H3. The van der Waals surface area contributed by atoms with Gasteiger partial charge in [-0.3, -0.25) is 4.79 Å². The highest BCUT2D eigenvalue weighted by Gasteiger charge is 2.33. The minimum absolute atomic E-state index is 0.0630. The molecule has 2 aromatic rings. The second-order valence-electron chi connectivity index (χ2n) is 5.07. The van der Waals surface area contributed by atoms with Gasteiger partial charge in [0.1, 0.15) is 0 Å². The molecule has 4 nitrogen and oxygen atoms in total. The zero-order valence-electron chi connectivity index (χ0n) is 11.6. The van der Waals surface area contributed by atoms with Crippen molar-refractivity contribution in [3.8, 4) is 0 Å². The van der Waals surface area contributed by atoms with E-state index in [-0.39, 0.29) is 11.9 Å². The van der Waals surface area contributed by atoms with Crippen molar-refractivity contribution >= 4 is 17.7 Å². The fraction of sp³-hybridized carbons (Fsp3) is 0.176. The number of hydrogen-bond acceptors (Lipinski definition) is 3. The van der Waals surface area contributed by atoms with Crippen LogP contribution in [0, 0.1) is 0 Å². The number of hydrogen-bond donors (Lipinski definition) is 0. The van der Waals surface area contributed by atoms with Gasteiger partial charge in [0, 0.05) is 12.1 Å². The first-order valence-corrected chi connectivity index (χ1v) is 6.77. The lowest BCUT2D eigenvalue weighted by Crippen LogP contribution is -2.26. The summed E-state index contributed by atoms with van der Waals surface area (Å²) in [4.78, 5) is 28.0. The number of amides is 1. The minimum Gasteiger partial charge on any atom is -0.328 e. The predicted molar refractivity (Wildman–Crippen MR) is 79.0 cm³/mol. The molecule has 1 heterocycles. The molecule has 104 valence electrons. The maximum absolute atomic E-state index is 12.4. The van der Waals surface area contributed by atoms with E-state index in [1.807, 2.05) is 48.2 Å². The average Bonchev–Trinajstić information content (AvgIpc) is 2.75. The fourth-order valence-corrected chi connectivity index (χ4v) is 2.69. The maximum Gasteiger partial charge on any atom is 0.255 e. The third kappa shape index (κ3) is 2.37. The number of benzene rings is 2. The third-order valence-electron chi connectivity index (χ3n) is 3.83. The predicted octanol–water partition coefficient (Wildman–Crippen LogP) is 3.37. The van der Waals surface area contributed by atoms with Crippen molar-refractivity contribution in [1.82, 2.24) is 4.90 Å². The number of nitrogens with zero attached hydrogens (tertiary/aromatic N) is 2. The number of carbonyl (C=O) groups excluding carboxylic acids is 2. The molecule has 1 aliphatic rings. The Bertz CT molecular complexity index is 731. The van der Waals surface area contributed by atoms with Crippen molar-refractivity contribution < 1.29 is 9.59 Å². The third-order valence-corrected chi connectivity index (χ3v) is 3.83. The Morgan fingerprint density at radius 1 is 1.14 bits per heavy atom. The van der Waals surface area contributed by atoms with Crippen LogP contribution in [0.2, 0.25) is 0 Å². The van der Waals surface area contributed by atoms with Gasteiger partial charge in [-0.05, 0) is 36.2 Å². The first-order chi connectivity index (χ1) is 10.2. The van der Waals surface area contributed by atoms with Crippen LogP contribution in [0.1, 0.15) is 34.5 Å². The largest absolute Gasteiger partial charge is 0.328 e. The Labute approximate surface area is 122 Å². The van der Waals surface area contributed by atoms with Gasteiger partial charge in [-0.25, -0.2) is 4.79 Å². The molecule has 1 amide bonds. The van der Waals surface area contributed by atoms with Crippen LogP contribution in [0.5, 0.6) is 0 Å². The van der Waals surface area contributed by atoms with Crippen molar-refractivity contribution in [1.29, 1.82) is 0 Å². The molecule has 2 aromatic carbocycles. The molecule has 1 atom stereocenters. The Balaban J connectivity index is 1.83. The molecule has 0 N–H and O–H groups in total. The van der Waals surface area contributed by atoms with Gasteiger partial charge in [0.25, 0.3) is 5.91 Å². The van der Waals surface area contributed by atoms with Crippen LogP contribution in [-0.4, -0.2) is 16.9 Å². The van der Waals surface area contributed by atoms with E-state index in [4.69, 9.17) is 0 Å². The van der Waals surface area contributed by atoms with E-state index in [1.54, 1.807) is 12.1 Å². The van der Waals surface area contributed by atoms with Crippen molar-refractivity contribution in [2.24, 2.45) is 4.99 Å². The average molecular weight is 278 g/mol. The van der Waals surface area contributed by atoms with Gasteiger partial charge in [0.05, 0.1) is 11.7 Å². The molecule has 0 aliphatic carbocycles. The number of isocyanates is 1. The summed E-state index contributed by atoms with van der Waals surface area (Å²) in [6.07, 6.45) is 1.51. The molecule has 0 fully saturated rings. The minimum atomic E-state index is 0.0630. The number of aliphatic imine (C=N–C) groups is 1. The summed E-state index contributed by atoms with van der Waals surface area (Å²) in [7, 11) is 0. The quantitative estimate of drug-likeness (QED) is 0.638. The summed E-state index contributed by atoms with van der Waals surface area (Å²) in [6.45, 7) is 2.58. The monoisotopic (exact) mass is 278 g/mol. The first-order valence-electron chi connectivity index (χ1n) is 6.77. The van der Waals surface area contributed by atoms with Crippen LogP contribution in [0.3, 0.4) is 0 Å². The zero-order valence-corrected chi connectivity index (χ0v) is 11.6. The molecule has 1 unspecified atom stereocenters. The SMILES string of the molecule is CC1c2ccccc2C(=O)N1Cc1ccc(N=C=O)cc1. The van der Waals surface area contributed by atoms with Crippen LogP contribution in [-0.2, 0) is 11.3 Å². The highest BCUT2D eigenvalue weighted by atomic mass is 16.2. The van der Waals surface area contributed by atoms with Crippen molar-refractivity contribution in [3.05, 3.63) is 65.2 Å². The molecular weight excluding hydrogens is 264 g/mol. The van der Waals surface area contributed by atoms with E-state index in [1.165, 1.54) is 6.08 Å². The molecule has 4 heteroatoms. The van der Waals surface area contributed by atoms with Gasteiger partial charge in [0.2, 0.25) is 6.08 Å². The van der Waals surface area contributed by atoms with E-state index in [0.717, 1.165) is 16.7 Å². The van der Waals surface area contributed by atoms with Crippen LogP contribution in [0.4, 0.5) is 5.69 Å². The topological polar surface area (TPSA) is 49.7 Å². The van der Waals surface area contributed by atoms with E-state index >= 15 is 0 Å². The summed E-state index contributed by atoms with van der Waals surface area (Å²) in [5.74, 6) is 0.0630. The van der Waals surface area contributed by atoms with Gasteiger partial charge in [0.15, 0.2) is 0 Å². The summed E-state index contributed by atoms with van der Waals surface area (Å²) in [5.41, 5.74) is 3.43. The Hall–Kier alpha value is -2.71. The van der Waals surface area contributed by atoms with Crippen LogP contribution in [0.15, 0.2) is 53.5 Å². The summed E-state index contributed by atoms with van der Waals surface area (Å²) in [5, 5.41) is 0. The Morgan fingerprint density at radius 2 is 1.86 bits per heavy atom. The highest BCUT2D eigenvalue weighted by molar-refractivity contribution is 5.99. The molecule has 0 aromatic heterocycles. The van der Waals surface area contributed by atoms with Gasteiger partial charge in [-0.1, -0.05) is 30.3 Å². The van der Waals surface area contributed by atoms with Crippen LogP contribution >= 0.6 is 0 Å². The van der Waals surface area contributed by atoms with E-state index in [2.05, 4.69) is 4.99 Å². The van der Waals surface area contributed by atoms with Crippen molar-refractivity contribution in [2.75, 3.05) is 0 Å². The van der Waals surface area contributed by atoms with Crippen molar-refractivity contribution in [3.63, 3.8) is 0 Å². The molecule has 1 aliphatic heterocycles. The molecule has 0 radical (unpaired) electrons. The summed E-state index contributed by atoms with van der Waals surface area (Å²) < 4.78 is 0. The molecule has 21 heavy (non-hydrogen) atoms. The Morgan fingerprint density at radius 3 is 2.52 bits per heavy atom. The summed E-state index contributed by atoms with van der Waals surface area (Å²) >= 11 is 0. The second kappa shape index (κ2) is 5.35. The Kier molecular flexibility index (Phi) is 3.38. The second-order valence-corrected chi connectivity index (χ2v) is 5.07. The molecule has 0 saturated carbocycles. The molecule has 0 spiro atoms. The van der Waals surface area contributed by atoms with Crippen LogP contribution < -0.4 is 0 Å².